The van der Waals surface area contributed by atoms with Gasteiger partial charge in [0.1, 0.15) is 0 Å². The molecule has 0 aliphatic carbocycles. The molecule has 50 heavy (non-hydrogen) atoms. The molecule has 284 valence electrons. The summed E-state index contributed by atoms with van der Waals surface area (Å²) in [5.74, 6) is 2.07. The van der Waals surface area contributed by atoms with Gasteiger partial charge in [-0.25, -0.2) is 0 Å². The molecule has 0 N–H and O–H groups in total. The number of ether oxygens (including phenoxy) is 1. The quantitative estimate of drug-likeness (QED) is 0.125. The van der Waals surface area contributed by atoms with Crippen LogP contribution in [0.25, 0.3) is 0 Å². The molecule has 1 aliphatic rings. The standard InChI is InChI=1S/2C20H37N2.C4H6O.Ba/c2*1-10-13-19(6,7)15-16(20(8,9)14-11-2)22-17(21-15)18(4,5)12-3;1-2-4-5-3-1;/h2*10-14H2,1-9H3;1-2H,3-4H2;/q2*-1;;+2. The van der Waals surface area contributed by atoms with Gasteiger partial charge in [-0.05, 0) is 71.0 Å². The fraction of sp³-hybridized carbons (Fsp3) is 0.818. The van der Waals surface area contributed by atoms with E-state index in [0.717, 1.165) is 63.4 Å². The van der Waals surface area contributed by atoms with Crippen molar-refractivity contribution < 1.29 is 4.74 Å². The first-order valence-electron chi connectivity index (χ1n) is 19.9. The van der Waals surface area contributed by atoms with Crippen molar-refractivity contribution in [1.82, 2.24) is 19.9 Å². The van der Waals surface area contributed by atoms with Crippen molar-refractivity contribution >= 4 is 48.9 Å². The Morgan fingerprint density at radius 3 is 0.980 bits per heavy atom. The predicted molar refractivity (Wildman–Crippen MR) is 219 cm³/mol. The van der Waals surface area contributed by atoms with E-state index in [0.29, 0.717) is 0 Å². The van der Waals surface area contributed by atoms with Gasteiger partial charge >= 0.3 is 48.9 Å². The SMILES string of the molecule is C1=CCOC1.CCCC(C)(C)c1nc(C(C)(C)CC)[n-]c1C(C)(C)CCC.CCCC(C)(C)c1nc(C(C)(C)CC)[n-]c1C(C)(C)CCC.[Ba+2]. The fourth-order valence-electron chi connectivity index (χ4n) is 6.81. The minimum atomic E-state index is 0. The van der Waals surface area contributed by atoms with Crippen LogP contribution in [-0.4, -0.2) is 72.1 Å². The molecule has 3 heterocycles. The Morgan fingerprint density at radius 1 is 0.480 bits per heavy atom. The smallest absolute Gasteiger partial charge is 0.442 e. The molecule has 0 atom stereocenters. The van der Waals surface area contributed by atoms with Crippen LogP contribution < -0.4 is 9.97 Å². The third-order valence-electron chi connectivity index (χ3n) is 11.0. The number of aromatic nitrogens is 4. The molecule has 1 aliphatic heterocycles. The summed E-state index contributed by atoms with van der Waals surface area (Å²) in [6.07, 6.45) is 15.5. The molecule has 3 rings (SSSR count). The third kappa shape index (κ3) is 13.8. The van der Waals surface area contributed by atoms with E-state index in [4.69, 9.17) is 24.7 Å². The summed E-state index contributed by atoms with van der Waals surface area (Å²) < 4.78 is 4.83. The molecular formula is C44H80BaN4O. The van der Waals surface area contributed by atoms with Crippen LogP contribution in [0.1, 0.15) is 223 Å². The molecule has 0 saturated heterocycles. The van der Waals surface area contributed by atoms with Crippen molar-refractivity contribution in [2.75, 3.05) is 13.2 Å². The van der Waals surface area contributed by atoms with Gasteiger partial charge in [-0.1, -0.05) is 197 Å². The Balaban J connectivity index is 0.000000824. The van der Waals surface area contributed by atoms with E-state index in [9.17, 15) is 0 Å². The van der Waals surface area contributed by atoms with E-state index in [1.807, 2.05) is 12.2 Å². The molecule has 0 aromatic carbocycles. The molecule has 0 fully saturated rings. The largest absolute Gasteiger partial charge is 2.00 e. The van der Waals surface area contributed by atoms with E-state index in [-0.39, 0.29) is 81.4 Å². The van der Waals surface area contributed by atoms with Crippen LogP contribution >= 0.6 is 0 Å². The first-order chi connectivity index (χ1) is 22.5. The van der Waals surface area contributed by atoms with Gasteiger partial charge in [0.15, 0.2) is 0 Å². The second-order valence-electron chi connectivity index (χ2n) is 18.5. The first-order valence-corrected chi connectivity index (χ1v) is 19.9. The van der Waals surface area contributed by atoms with Gasteiger partial charge in [0, 0.05) is 0 Å². The molecule has 0 saturated carbocycles. The summed E-state index contributed by atoms with van der Waals surface area (Å²) >= 11 is 0. The summed E-state index contributed by atoms with van der Waals surface area (Å²) in [7, 11) is 0. The maximum absolute atomic E-state index is 5.08. The number of rotatable bonds is 16. The van der Waals surface area contributed by atoms with Crippen molar-refractivity contribution in [3.63, 3.8) is 0 Å². The van der Waals surface area contributed by atoms with Gasteiger partial charge < -0.3 is 24.7 Å². The monoisotopic (exact) mass is 819 g/mol. The Labute approximate surface area is 351 Å². The van der Waals surface area contributed by atoms with Crippen molar-refractivity contribution in [3.05, 3.63) is 46.6 Å². The molecule has 0 unspecified atom stereocenters. The van der Waals surface area contributed by atoms with Crippen molar-refractivity contribution in [2.24, 2.45) is 0 Å². The summed E-state index contributed by atoms with van der Waals surface area (Å²) in [6.45, 7) is 42.8. The average molecular weight is 818 g/mol. The van der Waals surface area contributed by atoms with Crippen LogP contribution in [0, 0.1) is 0 Å². The second kappa shape index (κ2) is 21.0. The topological polar surface area (TPSA) is 63.2 Å². The summed E-state index contributed by atoms with van der Waals surface area (Å²) in [5.41, 5.74) is 5.47. The molecule has 0 amide bonds. The predicted octanol–water partition coefficient (Wildman–Crippen LogP) is 12.0. The normalized spacial score (nSPS) is 14.1. The minimum Gasteiger partial charge on any atom is -0.442 e. The molecule has 0 bridgehead atoms. The molecule has 2 aromatic rings. The minimum absolute atomic E-state index is 0. The van der Waals surface area contributed by atoms with Gasteiger partial charge in [-0.2, -0.15) is 0 Å². The van der Waals surface area contributed by atoms with Crippen LogP contribution in [0.2, 0.25) is 0 Å². The maximum atomic E-state index is 5.08. The van der Waals surface area contributed by atoms with E-state index < -0.39 is 0 Å². The molecule has 0 radical (unpaired) electrons. The average Bonchev–Trinajstić information content (AvgIpc) is 3.80. The van der Waals surface area contributed by atoms with E-state index in [2.05, 4.69) is 125 Å². The molecule has 2 aromatic heterocycles. The van der Waals surface area contributed by atoms with Crippen molar-refractivity contribution in [3.8, 4) is 0 Å². The van der Waals surface area contributed by atoms with Gasteiger partial charge in [-0.15, -0.1) is 0 Å². The van der Waals surface area contributed by atoms with E-state index in [1.54, 1.807) is 0 Å². The van der Waals surface area contributed by atoms with E-state index >= 15 is 0 Å². The molecule has 6 heteroatoms. The Kier molecular flexibility index (Phi) is 20.8. The Morgan fingerprint density at radius 2 is 0.760 bits per heavy atom. The zero-order valence-electron chi connectivity index (χ0n) is 36.5. The van der Waals surface area contributed by atoms with Crippen LogP contribution in [0.3, 0.4) is 0 Å². The third-order valence-corrected chi connectivity index (χ3v) is 11.0. The van der Waals surface area contributed by atoms with Crippen molar-refractivity contribution in [1.29, 1.82) is 0 Å². The van der Waals surface area contributed by atoms with Gasteiger partial charge in [0.25, 0.3) is 0 Å². The maximum Gasteiger partial charge on any atom is 2.00 e. The van der Waals surface area contributed by atoms with Gasteiger partial charge in [0.2, 0.25) is 0 Å². The Hall–Kier alpha value is -0.309. The van der Waals surface area contributed by atoms with Gasteiger partial charge in [-0.3, -0.25) is 0 Å². The van der Waals surface area contributed by atoms with Gasteiger partial charge in [0.05, 0.1) is 13.2 Å². The van der Waals surface area contributed by atoms with Crippen molar-refractivity contribution in [2.45, 2.75) is 221 Å². The summed E-state index contributed by atoms with van der Waals surface area (Å²) in [6, 6.07) is 0. The molecule has 0 spiro atoms. The van der Waals surface area contributed by atoms with Crippen LogP contribution in [0.5, 0.6) is 0 Å². The van der Waals surface area contributed by atoms with Crippen LogP contribution in [0.4, 0.5) is 0 Å². The molecule has 5 nitrogen and oxygen atoms in total. The number of imidazole rings is 2. The molecular weight excluding hydrogens is 738 g/mol. The second-order valence-corrected chi connectivity index (χ2v) is 18.5. The summed E-state index contributed by atoms with van der Waals surface area (Å²) in [5, 5.41) is 0. The zero-order valence-corrected chi connectivity index (χ0v) is 41.0. The Bertz CT molecular complexity index is 1110. The number of hydrogen-bond acceptors (Lipinski definition) is 3. The number of nitrogens with zero attached hydrogens (tertiary/aromatic N) is 4. The summed E-state index contributed by atoms with van der Waals surface area (Å²) in [4.78, 5) is 20.3. The van der Waals surface area contributed by atoms with Crippen LogP contribution in [-0.2, 0) is 37.2 Å². The fourth-order valence-corrected chi connectivity index (χ4v) is 6.81. The first kappa shape index (κ1) is 49.7. The van der Waals surface area contributed by atoms with Crippen LogP contribution in [0.15, 0.2) is 12.2 Å². The van der Waals surface area contributed by atoms with E-state index in [1.165, 1.54) is 48.5 Å². The zero-order chi connectivity index (χ0) is 37.9. The number of hydrogen-bond donors (Lipinski definition) is 0.